The van der Waals surface area contributed by atoms with E-state index < -0.39 is 12.7 Å². The molecule has 0 spiro atoms. The Kier molecular flexibility index (Phi) is 5.12. The highest BCUT2D eigenvalue weighted by molar-refractivity contribution is 6.30. The van der Waals surface area contributed by atoms with E-state index in [0.717, 1.165) is 10.9 Å². The zero-order valence-electron chi connectivity index (χ0n) is 9.07. The van der Waals surface area contributed by atoms with E-state index in [2.05, 4.69) is 4.98 Å². The Balaban J connectivity index is 0.00000144. The topological polar surface area (TPSA) is 38.9 Å². The summed E-state index contributed by atoms with van der Waals surface area (Å²) in [6.45, 7) is -0.454. The Morgan fingerprint density at radius 3 is 2.76 bits per heavy atom. The molecule has 0 aliphatic carbocycles. The number of benzene rings is 1. The Morgan fingerprint density at radius 2 is 2.06 bits per heavy atom. The van der Waals surface area contributed by atoms with Gasteiger partial charge in [-0.2, -0.15) is 0 Å². The van der Waals surface area contributed by atoms with Gasteiger partial charge < -0.3 is 5.73 Å². The minimum Gasteiger partial charge on any atom is -0.324 e. The predicted octanol–water partition coefficient (Wildman–Crippen LogP) is 3.67. The van der Waals surface area contributed by atoms with Crippen molar-refractivity contribution >= 4 is 34.9 Å². The number of halogens is 3. The quantitative estimate of drug-likeness (QED) is 0.868. The molecule has 5 heteroatoms. The van der Waals surface area contributed by atoms with Crippen LogP contribution in [0.5, 0.6) is 0 Å². The molecule has 92 valence electrons. The van der Waals surface area contributed by atoms with Crippen molar-refractivity contribution in [3.63, 3.8) is 0 Å². The molecule has 2 rings (SSSR count). The zero-order valence-corrected chi connectivity index (χ0v) is 10.6. The molecule has 0 bridgehead atoms. The third-order valence-corrected chi connectivity index (χ3v) is 2.83. The first-order chi connectivity index (χ1) is 7.72. The molecular weight excluding hydrogens is 262 g/mol. The van der Waals surface area contributed by atoms with Gasteiger partial charge in [0.25, 0.3) is 0 Å². The summed E-state index contributed by atoms with van der Waals surface area (Å²) in [4.78, 5) is 4.24. The van der Waals surface area contributed by atoms with Crippen molar-refractivity contribution in [1.82, 2.24) is 4.98 Å². The van der Waals surface area contributed by atoms with E-state index in [9.17, 15) is 4.39 Å². The summed E-state index contributed by atoms with van der Waals surface area (Å²) >= 11 is 6.02. The fourth-order valence-corrected chi connectivity index (χ4v) is 1.93. The number of para-hydroxylation sites is 1. The van der Waals surface area contributed by atoms with E-state index in [0.29, 0.717) is 10.7 Å². The Labute approximate surface area is 110 Å². The number of fused-ring (bicyclic) bond motifs is 1. The normalized spacial score (nSPS) is 12.2. The van der Waals surface area contributed by atoms with Crippen LogP contribution in [0.4, 0.5) is 4.39 Å². The molecule has 1 heterocycles. The van der Waals surface area contributed by atoms with E-state index in [4.69, 9.17) is 17.3 Å². The van der Waals surface area contributed by atoms with Gasteiger partial charge in [0.15, 0.2) is 0 Å². The predicted molar refractivity (Wildman–Crippen MR) is 71.5 cm³/mol. The molecule has 2 N–H and O–H groups in total. The van der Waals surface area contributed by atoms with Crippen molar-refractivity contribution in [2.75, 3.05) is 6.67 Å². The van der Waals surface area contributed by atoms with E-state index >= 15 is 0 Å². The number of alkyl halides is 1. The molecule has 0 radical (unpaired) electrons. The first-order valence-electron chi connectivity index (χ1n) is 5.09. The number of hydrogen-bond acceptors (Lipinski definition) is 2. The van der Waals surface area contributed by atoms with Crippen LogP contribution in [0.1, 0.15) is 18.0 Å². The third kappa shape index (κ3) is 3.06. The van der Waals surface area contributed by atoms with Crippen LogP contribution in [0.25, 0.3) is 10.9 Å². The van der Waals surface area contributed by atoms with Crippen LogP contribution >= 0.6 is 24.0 Å². The monoisotopic (exact) mass is 274 g/mol. The minimum absolute atomic E-state index is 0. The van der Waals surface area contributed by atoms with Crippen molar-refractivity contribution < 1.29 is 4.39 Å². The molecule has 1 aromatic carbocycles. The van der Waals surface area contributed by atoms with Crippen molar-refractivity contribution in [1.29, 1.82) is 0 Å². The van der Waals surface area contributed by atoms with Gasteiger partial charge in [-0.1, -0.05) is 29.8 Å². The van der Waals surface area contributed by atoms with Crippen LogP contribution in [-0.2, 0) is 0 Å². The van der Waals surface area contributed by atoms with Gasteiger partial charge in [0, 0.05) is 17.0 Å². The highest BCUT2D eigenvalue weighted by atomic mass is 35.5. The maximum atomic E-state index is 12.2. The molecule has 0 saturated heterocycles. The average molecular weight is 275 g/mol. The Morgan fingerprint density at radius 1 is 1.35 bits per heavy atom. The van der Waals surface area contributed by atoms with Crippen molar-refractivity contribution in [3.05, 3.63) is 41.0 Å². The molecule has 1 atom stereocenters. The standard InChI is InChI=1S/C12H12ClFN2.ClH/c13-12-9(10(15)5-6-14)7-8-3-1-2-4-11(8)16-12;/h1-4,7,10H,5-6,15H2;1H/t10-;/m1./s1. The Bertz CT molecular complexity index is 505. The van der Waals surface area contributed by atoms with Crippen LogP contribution in [0.15, 0.2) is 30.3 Å². The lowest BCUT2D eigenvalue weighted by Gasteiger charge is -2.12. The second kappa shape index (κ2) is 6.15. The summed E-state index contributed by atoms with van der Waals surface area (Å²) in [6, 6.07) is 9.12. The van der Waals surface area contributed by atoms with Gasteiger partial charge in [-0.15, -0.1) is 12.4 Å². The smallest absolute Gasteiger partial charge is 0.134 e. The third-order valence-electron chi connectivity index (χ3n) is 2.52. The molecule has 2 aromatic rings. The molecule has 17 heavy (non-hydrogen) atoms. The summed E-state index contributed by atoms with van der Waals surface area (Å²) in [7, 11) is 0. The van der Waals surface area contributed by atoms with Gasteiger partial charge in [-0.25, -0.2) is 4.98 Å². The van der Waals surface area contributed by atoms with E-state index in [1.54, 1.807) is 0 Å². The van der Waals surface area contributed by atoms with Gasteiger partial charge in [0.05, 0.1) is 12.2 Å². The van der Waals surface area contributed by atoms with E-state index in [-0.39, 0.29) is 18.8 Å². The summed E-state index contributed by atoms with van der Waals surface area (Å²) in [6.07, 6.45) is 0.264. The first kappa shape index (κ1) is 14.2. The zero-order chi connectivity index (χ0) is 11.5. The van der Waals surface area contributed by atoms with Crippen molar-refractivity contribution in [2.24, 2.45) is 5.73 Å². The molecule has 2 nitrogen and oxygen atoms in total. The van der Waals surface area contributed by atoms with Crippen LogP contribution in [-0.4, -0.2) is 11.7 Å². The van der Waals surface area contributed by atoms with Gasteiger partial charge in [0.1, 0.15) is 5.15 Å². The molecule has 0 aliphatic heterocycles. The van der Waals surface area contributed by atoms with Gasteiger partial charge in [0.2, 0.25) is 0 Å². The highest BCUT2D eigenvalue weighted by Gasteiger charge is 2.12. The number of nitrogens with zero attached hydrogens (tertiary/aromatic N) is 1. The summed E-state index contributed by atoms with van der Waals surface area (Å²) in [5.41, 5.74) is 7.36. The fourth-order valence-electron chi connectivity index (χ4n) is 1.64. The molecular formula is C12H13Cl2FN2. The van der Waals surface area contributed by atoms with E-state index in [1.165, 1.54) is 0 Å². The maximum Gasteiger partial charge on any atom is 0.134 e. The lowest BCUT2D eigenvalue weighted by Crippen LogP contribution is -2.12. The minimum atomic E-state index is -0.454. The summed E-state index contributed by atoms with van der Waals surface area (Å²) < 4.78 is 12.2. The second-order valence-electron chi connectivity index (χ2n) is 3.65. The van der Waals surface area contributed by atoms with Crippen LogP contribution in [0.2, 0.25) is 5.15 Å². The van der Waals surface area contributed by atoms with Gasteiger partial charge >= 0.3 is 0 Å². The largest absolute Gasteiger partial charge is 0.324 e. The number of nitrogens with two attached hydrogens (primary N) is 1. The first-order valence-corrected chi connectivity index (χ1v) is 5.47. The summed E-state index contributed by atoms with van der Waals surface area (Å²) in [5.74, 6) is 0. The fraction of sp³-hybridized carbons (Fsp3) is 0.250. The SMILES string of the molecule is Cl.N[C@H](CCF)c1cc2ccccc2nc1Cl. The summed E-state index contributed by atoms with van der Waals surface area (Å²) in [5, 5.41) is 1.33. The van der Waals surface area contributed by atoms with Crippen LogP contribution < -0.4 is 5.73 Å². The molecule has 0 aliphatic rings. The van der Waals surface area contributed by atoms with Gasteiger partial charge in [-0.3, -0.25) is 4.39 Å². The lowest BCUT2D eigenvalue weighted by molar-refractivity contribution is 0.442. The second-order valence-corrected chi connectivity index (χ2v) is 4.00. The highest BCUT2D eigenvalue weighted by Crippen LogP contribution is 2.26. The maximum absolute atomic E-state index is 12.2. The molecule has 0 fully saturated rings. The van der Waals surface area contributed by atoms with Crippen LogP contribution in [0.3, 0.4) is 0 Å². The molecule has 0 saturated carbocycles. The average Bonchev–Trinajstić information content (AvgIpc) is 2.28. The Hall–Kier alpha value is -0.900. The van der Waals surface area contributed by atoms with Crippen molar-refractivity contribution in [3.8, 4) is 0 Å². The molecule has 1 aromatic heterocycles. The molecule has 0 unspecified atom stereocenters. The van der Waals surface area contributed by atoms with Gasteiger partial charge in [-0.05, 0) is 18.6 Å². The lowest BCUT2D eigenvalue weighted by atomic mass is 10.1. The number of aromatic nitrogens is 1. The number of rotatable bonds is 3. The number of pyridine rings is 1. The van der Waals surface area contributed by atoms with E-state index in [1.807, 2.05) is 30.3 Å². The van der Waals surface area contributed by atoms with Crippen molar-refractivity contribution in [2.45, 2.75) is 12.5 Å². The number of hydrogen-bond donors (Lipinski definition) is 1. The molecule has 0 amide bonds. The van der Waals surface area contributed by atoms with Crippen LogP contribution in [0, 0.1) is 0 Å².